The van der Waals surface area contributed by atoms with Gasteiger partial charge in [-0.3, -0.25) is 0 Å². The van der Waals surface area contributed by atoms with E-state index in [0.29, 0.717) is 0 Å². The molecule has 1 aliphatic carbocycles. The van der Waals surface area contributed by atoms with Crippen molar-refractivity contribution >= 4 is 19.0 Å². The van der Waals surface area contributed by atoms with Crippen LogP contribution in [0.1, 0.15) is 32.1 Å². The molecule has 1 unspecified atom stereocenters. The lowest BCUT2D eigenvalue weighted by Crippen LogP contribution is -2.44. The van der Waals surface area contributed by atoms with Crippen molar-refractivity contribution in [3.63, 3.8) is 0 Å². The lowest BCUT2D eigenvalue weighted by molar-refractivity contribution is 0.265. The predicted octanol–water partition coefficient (Wildman–Crippen LogP) is 1.25. The van der Waals surface area contributed by atoms with E-state index in [1.165, 1.54) is 32.1 Å². The molecule has 0 aromatic rings. The zero-order valence-corrected chi connectivity index (χ0v) is 11.8. The van der Waals surface area contributed by atoms with Gasteiger partial charge in [-0.05, 0) is 26.4 Å². The van der Waals surface area contributed by atoms with Crippen molar-refractivity contribution in [3.05, 3.63) is 0 Å². The van der Waals surface area contributed by atoms with Crippen LogP contribution < -0.4 is 0 Å². The first-order chi connectivity index (χ1) is 6.25. The van der Waals surface area contributed by atoms with Gasteiger partial charge in [0.05, 0.1) is 0 Å². The molecule has 0 aliphatic heterocycles. The summed E-state index contributed by atoms with van der Waals surface area (Å²) in [5.41, 5.74) is 0. The second-order valence-electron chi connectivity index (χ2n) is 4.01. The van der Waals surface area contributed by atoms with Crippen LogP contribution in [0.3, 0.4) is 0 Å². The molecule has 0 aromatic heterocycles. The van der Waals surface area contributed by atoms with Crippen molar-refractivity contribution in [1.82, 2.24) is 4.57 Å². The Morgan fingerprint density at radius 3 is 2.46 bits per heavy atom. The van der Waals surface area contributed by atoms with Crippen LogP contribution in [-0.4, -0.2) is 36.6 Å². The second-order valence-corrected chi connectivity index (χ2v) is 7.94. The third-order valence-electron chi connectivity index (χ3n) is 3.13. The number of hydrogen-bond donors (Lipinski definition) is 0. The summed E-state index contributed by atoms with van der Waals surface area (Å²) in [7, 11) is 1.11. The van der Waals surface area contributed by atoms with E-state index < -0.39 is 9.20 Å². The lowest BCUT2D eigenvalue weighted by Gasteiger charge is -2.34. The summed E-state index contributed by atoms with van der Waals surface area (Å²) in [6.07, 6.45) is 7.12. The minimum Gasteiger partial charge on any atom is -0.452 e. The van der Waals surface area contributed by atoms with Gasteiger partial charge in [-0.15, -0.1) is 0 Å². The summed E-state index contributed by atoms with van der Waals surface area (Å²) in [6.45, 7) is 4.56. The minimum absolute atomic E-state index is 0.192. The largest absolute Gasteiger partial charge is 0.452 e. The summed E-state index contributed by atoms with van der Waals surface area (Å²) in [5, 5.41) is 0. The number of nitrogens with zero attached hydrogens (tertiary/aromatic N) is 1. The Hall–Kier alpha value is 0.354. The van der Waals surface area contributed by atoms with Gasteiger partial charge >= 0.3 is 0 Å². The molecule has 13 heavy (non-hydrogen) atoms. The summed E-state index contributed by atoms with van der Waals surface area (Å²) in [6, 6.07) is 0.843. The zero-order chi connectivity index (χ0) is 9.68. The fourth-order valence-corrected chi connectivity index (χ4v) is 5.91. The molecule has 0 N–H and O–H groups in total. The van der Waals surface area contributed by atoms with Crippen molar-refractivity contribution in [3.8, 4) is 0 Å². The van der Waals surface area contributed by atoms with Crippen molar-refractivity contribution < 1.29 is 4.12 Å². The summed E-state index contributed by atoms with van der Waals surface area (Å²) >= 11 is 0. The maximum Gasteiger partial charge on any atom is 0.240 e. The molecule has 0 radical (unpaired) electrons. The standard InChI is InChI=1S/C9H23NOSi2/c1-10(13(3)11-12-2)9-7-5-4-6-8-9/h9,13H,4-8,12H2,1-3H3. The van der Waals surface area contributed by atoms with E-state index in [1.54, 1.807) is 0 Å². The molecule has 0 spiro atoms. The molecule has 1 fully saturated rings. The van der Waals surface area contributed by atoms with E-state index in [9.17, 15) is 0 Å². The summed E-state index contributed by atoms with van der Waals surface area (Å²) < 4.78 is 8.43. The molecule has 1 saturated carbocycles. The third kappa shape index (κ3) is 3.54. The highest BCUT2D eigenvalue weighted by atomic mass is 28.4. The van der Waals surface area contributed by atoms with Crippen molar-refractivity contribution in [2.75, 3.05) is 7.05 Å². The molecule has 0 saturated heterocycles. The highest BCUT2D eigenvalue weighted by molar-refractivity contribution is 6.54. The van der Waals surface area contributed by atoms with Crippen molar-refractivity contribution in [2.45, 2.75) is 51.2 Å². The molecule has 1 aliphatic rings. The maximum atomic E-state index is 5.86. The van der Waals surface area contributed by atoms with Crippen LogP contribution in [0.15, 0.2) is 0 Å². The molecular weight excluding hydrogens is 194 g/mol. The molecule has 78 valence electrons. The Balaban J connectivity index is 2.31. The Labute approximate surface area is 86.4 Å². The van der Waals surface area contributed by atoms with Gasteiger partial charge in [-0.1, -0.05) is 25.8 Å². The van der Waals surface area contributed by atoms with E-state index in [-0.39, 0.29) is 9.76 Å². The van der Waals surface area contributed by atoms with Crippen LogP contribution in [0.25, 0.3) is 0 Å². The van der Waals surface area contributed by atoms with E-state index in [2.05, 4.69) is 24.7 Å². The van der Waals surface area contributed by atoms with E-state index in [1.807, 2.05) is 0 Å². The summed E-state index contributed by atoms with van der Waals surface area (Å²) in [5.74, 6) is 0. The average Bonchev–Trinajstić information content (AvgIpc) is 2.18. The normalized spacial score (nSPS) is 23.1. The monoisotopic (exact) mass is 217 g/mol. The van der Waals surface area contributed by atoms with Crippen molar-refractivity contribution in [1.29, 1.82) is 0 Å². The molecule has 0 aromatic carbocycles. The molecular formula is C9H23NOSi2. The highest BCUT2D eigenvalue weighted by Gasteiger charge is 2.22. The lowest BCUT2D eigenvalue weighted by atomic mass is 9.96. The quantitative estimate of drug-likeness (QED) is 0.657. The topological polar surface area (TPSA) is 12.5 Å². The number of hydrogen-bond acceptors (Lipinski definition) is 2. The Bertz CT molecular complexity index is 140. The highest BCUT2D eigenvalue weighted by Crippen LogP contribution is 2.22. The van der Waals surface area contributed by atoms with Gasteiger partial charge in [-0.25, -0.2) is 0 Å². The molecule has 0 bridgehead atoms. The van der Waals surface area contributed by atoms with Gasteiger partial charge in [0.25, 0.3) is 0 Å². The Morgan fingerprint density at radius 2 is 1.92 bits per heavy atom. The van der Waals surface area contributed by atoms with E-state index >= 15 is 0 Å². The molecule has 4 heteroatoms. The molecule has 1 rings (SSSR count). The van der Waals surface area contributed by atoms with Crippen LogP contribution in [0.4, 0.5) is 0 Å². The zero-order valence-electron chi connectivity index (χ0n) is 9.25. The smallest absolute Gasteiger partial charge is 0.240 e. The maximum absolute atomic E-state index is 5.86. The van der Waals surface area contributed by atoms with E-state index in [4.69, 9.17) is 4.12 Å². The average molecular weight is 217 g/mol. The fraction of sp³-hybridized carbons (Fsp3) is 1.00. The first-order valence-corrected chi connectivity index (χ1v) is 9.72. The summed E-state index contributed by atoms with van der Waals surface area (Å²) in [4.78, 5) is 0. The van der Waals surface area contributed by atoms with Crippen LogP contribution in [-0.2, 0) is 4.12 Å². The Morgan fingerprint density at radius 1 is 1.31 bits per heavy atom. The SMILES string of the molecule is C[SiH2]O[SiH](C)N(C)C1CCCCC1. The van der Waals surface area contributed by atoms with Gasteiger partial charge < -0.3 is 8.68 Å². The van der Waals surface area contributed by atoms with E-state index in [0.717, 1.165) is 6.04 Å². The molecule has 0 amide bonds. The second kappa shape index (κ2) is 5.95. The van der Waals surface area contributed by atoms with Gasteiger partial charge in [0.15, 0.2) is 0 Å². The van der Waals surface area contributed by atoms with Crippen molar-refractivity contribution in [2.24, 2.45) is 0 Å². The molecule has 2 nitrogen and oxygen atoms in total. The first-order valence-electron chi connectivity index (χ1n) is 5.59. The fourth-order valence-electron chi connectivity index (χ4n) is 2.14. The number of rotatable bonds is 4. The first kappa shape index (κ1) is 11.4. The molecule has 1 atom stereocenters. The van der Waals surface area contributed by atoms with Crippen LogP contribution in [0.2, 0.25) is 13.1 Å². The van der Waals surface area contributed by atoms with Gasteiger partial charge in [0.2, 0.25) is 9.20 Å². The van der Waals surface area contributed by atoms with Gasteiger partial charge in [-0.2, -0.15) is 0 Å². The van der Waals surface area contributed by atoms with Crippen LogP contribution in [0, 0.1) is 0 Å². The van der Waals surface area contributed by atoms with Crippen LogP contribution >= 0.6 is 0 Å². The van der Waals surface area contributed by atoms with Gasteiger partial charge in [0, 0.05) is 6.04 Å². The predicted molar refractivity (Wildman–Crippen MR) is 63.1 cm³/mol. The Kier molecular flexibility index (Phi) is 5.23. The third-order valence-corrected chi connectivity index (χ3v) is 7.96. The van der Waals surface area contributed by atoms with Gasteiger partial charge in [0.1, 0.15) is 9.76 Å². The minimum atomic E-state index is -0.974. The van der Waals surface area contributed by atoms with Crippen LogP contribution in [0.5, 0.6) is 0 Å². The molecule has 0 heterocycles.